The molecule has 0 aromatic carbocycles. The van der Waals surface area contributed by atoms with Gasteiger partial charge in [-0.3, -0.25) is 9.36 Å². The molecule has 0 saturated heterocycles. The summed E-state index contributed by atoms with van der Waals surface area (Å²) >= 11 is 0. The summed E-state index contributed by atoms with van der Waals surface area (Å²) in [5.74, 6) is -0.0200. The number of likely N-dealkylation sites (N-methyl/N-ethyl adjacent to an activating group) is 1. The van der Waals surface area contributed by atoms with E-state index in [0.29, 0.717) is 24.1 Å². The molecule has 0 fully saturated rings. The molecule has 3 atom stereocenters. The quantitative estimate of drug-likeness (QED) is 0.162. The Balaban J connectivity index is 4.28. The number of amides is 1. The van der Waals surface area contributed by atoms with Gasteiger partial charge in [-0.1, -0.05) is 58.3 Å². The first-order chi connectivity index (χ1) is 14.5. The van der Waals surface area contributed by atoms with Gasteiger partial charge in [0.15, 0.2) is 0 Å². The summed E-state index contributed by atoms with van der Waals surface area (Å²) in [7, 11) is 0.870. The number of ether oxygens (including phenoxy) is 1. The molecule has 0 aliphatic rings. The lowest BCUT2D eigenvalue weighted by molar-refractivity contribution is -0.873. The van der Waals surface area contributed by atoms with Crippen molar-refractivity contribution < 1.29 is 32.9 Å². The second-order valence-corrected chi connectivity index (χ2v) is 10.5. The van der Waals surface area contributed by atoms with Crippen molar-refractivity contribution in [1.82, 2.24) is 5.32 Å². The van der Waals surface area contributed by atoms with Crippen LogP contribution < -0.4 is 10.2 Å². The van der Waals surface area contributed by atoms with E-state index in [-0.39, 0.29) is 25.0 Å². The lowest BCUT2D eigenvalue weighted by Crippen LogP contribution is -2.45. The largest absolute Gasteiger partial charge is 0.756 e. The van der Waals surface area contributed by atoms with E-state index in [9.17, 15) is 14.3 Å². The minimum absolute atomic E-state index is 0.0200. The smallest absolute Gasteiger partial charge is 0.265 e. The number of hydrogen-bond acceptors (Lipinski definition) is 5. The van der Waals surface area contributed by atoms with Gasteiger partial charge >= 0.3 is 0 Å². The van der Waals surface area contributed by atoms with Crippen LogP contribution in [0.2, 0.25) is 0 Å². The number of nitrogens with zero attached hydrogens (tertiary/aromatic N) is 1. The van der Waals surface area contributed by atoms with E-state index in [1.165, 1.54) is 44.9 Å². The lowest BCUT2D eigenvalue weighted by atomic mass is 10.1. The van der Waals surface area contributed by atoms with Gasteiger partial charge in [-0.15, -0.1) is 0 Å². The van der Waals surface area contributed by atoms with E-state index in [2.05, 4.69) is 12.2 Å². The van der Waals surface area contributed by atoms with Crippen LogP contribution in [-0.2, 0) is 18.6 Å². The average Bonchev–Trinajstić information content (AvgIpc) is 2.62. The fourth-order valence-corrected chi connectivity index (χ4v) is 4.13. The zero-order valence-corrected chi connectivity index (χ0v) is 21.3. The summed E-state index contributed by atoms with van der Waals surface area (Å²) in [6, 6.07) is 0. The molecule has 0 spiro atoms. The Morgan fingerprint density at radius 1 is 1.00 bits per heavy atom. The molecule has 0 saturated carbocycles. The molecule has 3 unspecified atom stereocenters. The monoisotopic (exact) mass is 466 g/mol. The fourth-order valence-electron chi connectivity index (χ4n) is 3.60. The van der Waals surface area contributed by atoms with Gasteiger partial charge in [0.25, 0.3) is 7.82 Å². The van der Waals surface area contributed by atoms with Gasteiger partial charge in [-0.25, -0.2) is 0 Å². The third-order valence-electron chi connectivity index (χ3n) is 5.00. The predicted octanol–water partition coefficient (Wildman–Crippen LogP) is 3.37. The number of phosphoric acid groups is 1. The first kappa shape index (κ1) is 30.5. The van der Waals surface area contributed by atoms with Crippen molar-refractivity contribution in [3.05, 3.63) is 0 Å². The summed E-state index contributed by atoms with van der Waals surface area (Å²) in [6.07, 6.45) is 10.5. The van der Waals surface area contributed by atoms with Gasteiger partial charge in [0.05, 0.1) is 27.2 Å². The van der Waals surface area contributed by atoms with Gasteiger partial charge in [0, 0.05) is 26.0 Å². The molecule has 0 bridgehead atoms. The van der Waals surface area contributed by atoms with Crippen LogP contribution in [0.15, 0.2) is 0 Å². The van der Waals surface area contributed by atoms with Gasteiger partial charge in [-0.2, -0.15) is 0 Å². The highest BCUT2D eigenvalue weighted by Gasteiger charge is 2.26. The standard InChI is InChI=1S/C22H47N2O6P/c1-6-8-9-10-11-12-13-14-15-16-22(25)23-18-20(29-7-2)17-21(19-24(3,4)5)30-31(26,27)28/h20-21H,6-19H2,1-5H3,(H2-,23,25,26,27,28). The van der Waals surface area contributed by atoms with E-state index >= 15 is 0 Å². The minimum Gasteiger partial charge on any atom is -0.756 e. The molecule has 0 aliphatic carbocycles. The molecule has 31 heavy (non-hydrogen) atoms. The molecular formula is C22H47N2O6P. The maximum Gasteiger partial charge on any atom is 0.265 e. The van der Waals surface area contributed by atoms with Crippen molar-refractivity contribution in [2.45, 2.75) is 96.7 Å². The van der Waals surface area contributed by atoms with Gasteiger partial charge in [0.1, 0.15) is 12.6 Å². The number of nitrogens with one attached hydrogen (secondary N) is 1. The zero-order chi connectivity index (χ0) is 23.8. The van der Waals surface area contributed by atoms with Crippen LogP contribution in [0.5, 0.6) is 0 Å². The van der Waals surface area contributed by atoms with E-state index in [1.807, 2.05) is 28.1 Å². The summed E-state index contributed by atoms with van der Waals surface area (Å²) in [5.41, 5.74) is 0. The van der Waals surface area contributed by atoms with E-state index in [0.717, 1.165) is 12.8 Å². The summed E-state index contributed by atoms with van der Waals surface area (Å²) in [6.45, 7) is 5.17. The van der Waals surface area contributed by atoms with Crippen molar-refractivity contribution in [1.29, 1.82) is 0 Å². The highest BCUT2D eigenvalue weighted by Crippen LogP contribution is 2.34. The highest BCUT2D eigenvalue weighted by atomic mass is 31.2. The molecule has 0 rings (SSSR count). The third kappa shape index (κ3) is 21.1. The van der Waals surface area contributed by atoms with Crippen molar-refractivity contribution in [2.24, 2.45) is 0 Å². The Labute approximate surface area is 189 Å². The SMILES string of the molecule is CCCCCCCCCCCC(=O)NCC(CC(C[N+](C)(C)C)OP(=O)([O-])O)OCC. The topological polar surface area (TPSA) is 108 Å². The number of quaternary nitrogens is 1. The molecule has 2 N–H and O–H groups in total. The van der Waals surface area contributed by atoms with Crippen molar-refractivity contribution in [3.8, 4) is 0 Å². The molecule has 9 heteroatoms. The summed E-state index contributed by atoms with van der Waals surface area (Å²) in [5, 5.41) is 2.89. The maximum absolute atomic E-state index is 12.2. The van der Waals surface area contributed by atoms with Crippen molar-refractivity contribution in [2.75, 3.05) is 40.8 Å². The molecular weight excluding hydrogens is 419 g/mol. The van der Waals surface area contributed by atoms with E-state index in [4.69, 9.17) is 14.2 Å². The van der Waals surface area contributed by atoms with Crippen LogP contribution in [-0.4, -0.2) is 68.3 Å². The van der Waals surface area contributed by atoms with Crippen LogP contribution >= 0.6 is 7.82 Å². The van der Waals surface area contributed by atoms with Crippen LogP contribution in [0.3, 0.4) is 0 Å². The number of phosphoric ester groups is 1. The van der Waals surface area contributed by atoms with Gasteiger partial charge in [-0.05, 0) is 13.3 Å². The number of unbranched alkanes of at least 4 members (excludes halogenated alkanes) is 8. The molecule has 0 heterocycles. The Morgan fingerprint density at radius 2 is 1.55 bits per heavy atom. The van der Waals surface area contributed by atoms with Gasteiger partial charge in [0.2, 0.25) is 5.91 Å². The van der Waals surface area contributed by atoms with Crippen LogP contribution in [0.25, 0.3) is 0 Å². The Hall–Kier alpha value is -0.500. The highest BCUT2D eigenvalue weighted by molar-refractivity contribution is 7.44. The fraction of sp³-hybridized carbons (Fsp3) is 0.955. The van der Waals surface area contributed by atoms with Crippen molar-refractivity contribution in [3.63, 3.8) is 0 Å². The number of rotatable bonds is 20. The molecule has 1 amide bonds. The predicted molar refractivity (Wildman–Crippen MR) is 122 cm³/mol. The normalized spacial score (nSPS) is 16.0. The summed E-state index contributed by atoms with van der Waals surface area (Å²) in [4.78, 5) is 32.5. The summed E-state index contributed by atoms with van der Waals surface area (Å²) < 4.78 is 22.3. The number of carbonyl (C=O) groups is 1. The third-order valence-corrected chi connectivity index (χ3v) is 5.56. The molecule has 0 radical (unpaired) electrons. The minimum atomic E-state index is -4.86. The van der Waals surface area contributed by atoms with Crippen LogP contribution in [0, 0.1) is 0 Å². The molecule has 0 aliphatic heterocycles. The van der Waals surface area contributed by atoms with Crippen molar-refractivity contribution >= 4 is 13.7 Å². The van der Waals surface area contributed by atoms with E-state index < -0.39 is 13.9 Å². The zero-order valence-electron chi connectivity index (χ0n) is 20.4. The first-order valence-corrected chi connectivity index (χ1v) is 13.4. The Kier molecular flexibility index (Phi) is 16.8. The molecule has 8 nitrogen and oxygen atoms in total. The van der Waals surface area contributed by atoms with Crippen LogP contribution in [0.1, 0.15) is 84.5 Å². The second kappa shape index (κ2) is 17.0. The lowest BCUT2D eigenvalue weighted by Gasteiger charge is -2.33. The number of hydrogen-bond donors (Lipinski definition) is 2. The van der Waals surface area contributed by atoms with Crippen LogP contribution in [0.4, 0.5) is 0 Å². The Morgan fingerprint density at radius 3 is 2.03 bits per heavy atom. The van der Waals surface area contributed by atoms with E-state index in [1.54, 1.807) is 0 Å². The molecule has 0 aromatic rings. The first-order valence-electron chi connectivity index (χ1n) is 11.9. The van der Waals surface area contributed by atoms with Gasteiger partial charge < -0.3 is 28.8 Å². The average molecular weight is 467 g/mol. The Bertz CT molecular complexity index is 507. The second-order valence-electron chi connectivity index (χ2n) is 9.36. The molecule has 186 valence electrons. The maximum atomic E-state index is 12.2. The molecule has 0 aromatic heterocycles. The number of carbonyl (C=O) groups excluding carboxylic acids is 1.